The summed E-state index contributed by atoms with van der Waals surface area (Å²) in [4.78, 5) is 27.6. The van der Waals surface area contributed by atoms with Crippen molar-refractivity contribution in [3.05, 3.63) is 57.8 Å². The van der Waals surface area contributed by atoms with Crippen LogP contribution in [-0.2, 0) is 0 Å². The van der Waals surface area contributed by atoms with Crippen molar-refractivity contribution in [1.29, 1.82) is 0 Å². The molecule has 2 aromatic rings. The predicted octanol–water partition coefficient (Wildman–Crippen LogP) is 4.30. The first-order valence-corrected chi connectivity index (χ1v) is 8.82. The molecule has 3 rings (SSSR count). The first-order chi connectivity index (χ1) is 12.5. The summed E-state index contributed by atoms with van der Waals surface area (Å²) >= 11 is 0. The SMILES string of the molecule is Cc1cccnc1NC(=O)c1ccc(NC2CCCCC2)c([N+](=O)[O-])c1. The molecule has 1 heterocycles. The average molecular weight is 354 g/mol. The molecular formula is C19H22N4O3. The van der Waals surface area contributed by atoms with Crippen LogP contribution in [0.25, 0.3) is 0 Å². The van der Waals surface area contributed by atoms with Crippen LogP contribution >= 0.6 is 0 Å². The third-order valence-corrected chi connectivity index (χ3v) is 4.66. The van der Waals surface area contributed by atoms with Crippen LogP contribution in [-0.4, -0.2) is 21.9 Å². The number of hydrogen-bond donors (Lipinski definition) is 2. The van der Waals surface area contributed by atoms with E-state index in [2.05, 4.69) is 15.6 Å². The molecule has 0 aliphatic heterocycles. The quantitative estimate of drug-likeness (QED) is 0.616. The Morgan fingerprint density at radius 3 is 2.69 bits per heavy atom. The molecule has 1 amide bonds. The zero-order chi connectivity index (χ0) is 18.5. The molecule has 1 aliphatic carbocycles. The van der Waals surface area contributed by atoms with Crippen LogP contribution in [0.2, 0.25) is 0 Å². The zero-order valence-corrected chi connectivity index (χ0v) is 14.7. The number of pyridine rings is 1. The van der Waals surface area contributed by atoms with Crippen molar-refractivity contribution >= 4 is 23.1 Å². The van der Waals surface area contributed by atoms with E-state index in [0.29, 0.717) is 11.5 Å². The first kappa shape index (κ1) is 17.8. The summed E-state index contributed by atoms with van der Waals surface area (Å²) in [6, 6.07) is 8.40. The number of aromatic nitrogens is 1. The highest BCUT2D eigenvalue weighted by molar-refractivity contribution is 6.04. The summed E-state index contributed by atoms with van der Waals surface area (Å²) in [6.45, 7) is 1.84. The molecule has 1 aromatic carbocycles. The van der Waals surface area contributed by atoms with E-state index in [-0.39, 0.29) is 17.3 Å². The van der Waals surface area contributed by atoms with E-state index in [1.165, 1.54) is 12.5 Å². The minimum absolute atomic E-state index is 0.0824. The fraction of sp³-hybridized carbons (Fsp3) is 0.368. The Morgan fingerprint density at radius 1 is 1.23 bits per heavy atom. The molecule has 1 fully saturated rings. The summed E-state index contributed by atoms with van der Waals surface area (Å²) in [5, 5.41) is 17.4. The van der Waals surface area contributed by atoms with E-state index in [9.17, 15) is 14.9 Å². The monoisotopic (exact) mass is 354 g/mol. The number of rotatable bonds is 5. The second-order valence-corrected chi connectivity index (χ2v) is 6.59. The molecule has 136 valence electrons. The lowest BCUT2D eigenvalue weighted by Crippen LogP contribution is -2.23. The minimum atomic E-state index is -0.450. The number of nitro groups is 1. The number of anilines is 2. The van der Waals surface area contributed by atoms with Gasteiger partial charge in [0.2, 0.25) is 0 Å². The molecule has 0 saturated heterocycles. The molecule has 0 spiro atoms. The van der Waals surface area contributed by atoms with Gasteiger partial charge in [-0.15, -0.1) is 0 Å². The Hall–Kier alpha value is -2.96. The molecule has 7 nitrogen and oxygen atoms in total. The number of nitrogens with one attached hydrogen (secondary N) is 2. The van der Waals surface area contributed by atoms with Gasteiger partial charge in [0, 0.05) is 23.9 Å². The number of amides is 1. The van der Waals surface area contributed by atoms with Crippen LogP contribution < -0.4 is 10.6 Å². The van der Waals surface area contributed by atoms with Gasteiger partial charge in [-0.1, -0.05) is 25.3 Å². The van der Waals surface area contributed by atoms with E-state index in [1.54, 1.807) is 24.4 Å². The second kappa shape index (κ2) is 7.95. The summed E-state index contributed by atoms with van der Waals surface area (Å²) in [7, 11) is 0. The largest absolute Gasteiger partial charge is 0.377 e. The van der Waals surface area contributed by atoms with Gasteiger partial charge in [-0.2, -0.15) is 0 Å². The summed E-state index contributed by atoms with van der Waals surface area (Å²) in [6.07, 6.45) is 7.09. The molecule has 0 atom stereocenters. The fourth-order valence-electron chi connectivity index (χ4n) is 3.21. The van der Waals surface area contributed by atoms with Crippen molar-refractivity contribution in [2.45, 2.75) is 45.1 Å². The maximum atomic E-state index is 12.4. The molecule has 1 aromatic heterocycles. The summed E-state index contributed by atoms with van der Waals surface area (Å²) in [5.74, 6) is 0.0312. The van der Waals surface area contributed by atoms with Crippen molar-refractivity contribution in [3.8, 4) is 0 Å². The maximum Gasteiger partial charge on any atom is 0.293 e. The second-order valence-electron chi connectivity index (χ2n) is 6.59. The number of benzene rings is 1. The Kier molecular flexibility index (Phi) is 5.46. The van der Waals surface area contributed by atoms with Gasteiger partial charge in [-0.25, -0.2) is 4.98 Å². The number of carbonyl (C=O) groups is 1. The Bertz CT molecular complexity index is 816. The van der Waals surface area contributed by atoms with Gasteiger partial charge in [-0.05, 0) is 43.5 Å². The van der Waals surface area contributed by atoms with Crippen molar-refractivity contribution < 1.29 is 9.72 Å². The summed E-state index contributed by atoms with van der Waals surface area (Å²) in [5.41, 5.74) is 1.44. The van der Waals surface area contributed by atoms with Gasteiger partial charge < -0.3 is 10.6 Å². The maximum absolute atomic E-state index is 12.4. The smallest absolute Gasteiger partial charge is 0.293 e. The van der Waals surface area contributed by atoms with Crippen molar-refractivity contribution in [3.63, 3.8) is 0 Å². The van der Waals surface area contributed by atoms with E-state index >= 15 is 0 Å². The minimum Gasteiger partial charge on any atom is -0.377 e. The highest BCUT2D eigenvalue weighted by Crippen LogP contribution is 2.29. The molecule has 0 bridgehead atoms. The van der Waals surface area contributed by atoms with E-state index in [0.717, 1.165) is 31.2 Å². The first-order valence-electron chi connectivity index (χ1n) is 8.82. The third kappa shape index (κ3) is 4.17. The molecule has 7 heteroatoms. The van der Waals surface area contributed by atoms with Crippen molar-refractivity contribution in [2.24, 2.45) is 0 Å². The fourth-order valence-corrected chi connectivity index (χ4v) is 3.21. The van der Waals surface area contributed by atoms with Crippen LogP contribution in [0.1, 0.15) is 48.0 Å². The normalized spacial score (nSPS) is 14.7. The number of carbonyl (C=O) groups excluding carboxylic acids is 1. The van der Waals surface area contributed by atoms with E-state index in [4.69, 9.17) is 0 Å². The number of nitro benzene ring substituents is 1. The van der Waals surface area contributed by atoms with Crippen LogP contribution in [0.4, 0.5) is 17.2 Å². The molecule has 1 aliphatic rings. The molecule has 0 radical (unpaired) electrons. The lowest BCUT2D eigenvalue weighted by Gasteiger charge is -2.23. The number of hydrogen-bond acceptors (Lipinski definition) is 5. The van der Waals surface area contributed by atoms with Crippen molar-refractivity contribution in [2.75, 3.05) is 10.6 Å². The molecular weight excluding hydrogens is 332 g/mol. The molecule has 0 unspecified atom stereocenters. The lowest BCUT2D eigenvalue weighted by atomic mass is 9.95. The highest BCUT2D eigenvalue weighted by Gasteiger charge is 2.21. The Balaban J connectivity index is 1.80. The third-order valence-electron chi connectivity index (χ3n) is 4.66. The van der Waals surface area contributed by atoms with Gasteiger partial charge in [0.05, 0.1) is 4.92 Å². The van der Waals surface area contributed by atoms with Crippen molar-refractivity contribution in [1.82, 2.24) is 4.98 Å². The summed E-state index contributed by atoms with van der Waals surface area (Å²) < 4.78 is 0. The molecule has 1 saturated carbocycles. The van der Waals surface area contributed by atoms with E-state index < -0.39 is 10.8 Å². The van der Waals surface area contributed by atoms with Gasteiger partial charge in [0.1, 0.15) is 11.5 Å². The van der Waals surface area contributed by atoms with E-state index in [1.807, 2.05) is 13.0 Å². The van der Waals surface area contributed by atoms with Crippen LogP contribution in [0.3, 0.4) is 0 Å². The molecule has 26 heavy (non-hydrogen) atoms. The Labute approximate surface area is 152 Å². The van der Waals surface area contributed by atoms with Crippen LogP contribution in [0.15, 0.2) is 36.5 Å². The topological polar surface area (TPSA) is 97.2 Å². The average Bonchev–Trinajstić information content (AvgIpc) is 2.64. The van der Waals surface area contributed by atoms with Crippen LogP contribution in [0.5, 0.6) is 0 Å². The predicted molar refractivity (Wildman–Crippen MR) is 101 cm³/mol. The van der Waals surface area contributed by atoms with Gasteiger partial charge in [0.25, 0.3) is 11.6 Å². The van der Waals surface area contributed by atoms with Gasteiger partial charge >= 0.3 is 0 Å². The number of nitrogens with zero attached hydrogens (tertiary/aromatic N) is 2. The highest BCUT2D eigenvalue weighted by atomic mass is 16.6. The number of aryl methyl sites for hydroxylation is 1. The molecule has 2 N–H and O–H groups in total. The van der Waals surface area contributed by atoms with Crippen LogP contribution in [0, 0.1) is 17.0 Å². The standard InChI is InChI=1S/C19H22N4O3/c1-13-6-5-11-20-18(13)22-19(24)14-9-10-16(17(12-14)23(25)26)21-15-7-3-2-4-8-15/h5-6,9-12,15,21H,2-4,7-8H2,1H3,(H,20,22,24). The van der Waals surface area contributed by atoms with Gasteiger partial charge in [-0.3, -0.25) is 14.9 Å². The zero-order valence-electron chi connectivity index (χ0n) is 14.7. The lowest BCUT2D eigenvalue weighted by molar-refractivity contribution is -0.384. The Morgan fingerprint density at radius 2 is 2.00 bits per heavy atom. The van der Waals surface area contributed by atoms with Gasteiger partial charge in [0.15, 0.2) is 0 Å².